The molecule has 3 N–H and O–H groups in total. The number of hydrogen-bond donors (Lipinski definition) is 2. The number of nitrogens with two attached hydrogens (primary N) is 1. The molecule has 5 heteroatoms. The molecule has 0 spiro atoms. The molecule has 0 aromatic carbocycles. The number of anilines is 1. The number of carbonyl (C=O) groups is 1. The summed E-state index contributed by atoms with van der Waals surface area (Å²) in [7, 11) is 0. The second-order valence-electron chi connectivity index (χ2n) is 5.05. The first-order chi connectivity index (χ1) is 8.59. The van der Waals surface area contributed by atoms with E-state index in [0.29, 0.717) is 18.1 Å². The van der Waals surface area contributed by atoms with Gasteiger partial charge in [0.05, 0.1) is 0 Å². The SMILES string of the molecule is CC1(CNC(=O)c2cccc(N)n2)CCOCC1. The molecule has 0 radical (unpaired) electrons. The van der Waals surface area contributed by atoms with E-state index in [1.165, 1.54) is 0 Å². The number of rotatable bonds is 3. The summed E-state index contributed by atoms with van der Waals surface area (Å²) >= 11 is 0. The number of aromatic nitrogens is 1. The Labute approximate surface area is 107 Å². The zero-order valence-corrected chi connectivity index (χ0v) is 10.6. The second-order valence-corrected chi connectivity index (χ2v) is 5.05. The highest BCUT2D eigenvalue weighted by atomic mass is 16.5. The van der Waals surface area contributed by atoms with Crippen molar-refractivity contribution >= 4 is 11.7 Å². The third-order valence-corrected chi connectivity index (χ3v) is 3.38. The number of ether oxygens (including phenoxy) is 1. The average Bonchev–Trinajstić information content (AvgIpc) is 2.37. The maximum atomic E-state index is 11.9. The van der Waals surface area contributed by atoms with Crippen LogP contribution < -0.4 is 11.1 Å². The summed E-state index contributed by atoms with van der Waals surface area (Å²) in [5.74, 6) is 0.190. The topological polar surface area (TPSA) is 77.2 Å². The Bertz CT molecular complexity index is 428. The number of pyridine rings is 1. The van der Waals surface area contributed by atoms with E-state index in [4.69, 9.17) is 10.5 Å². The van der Waals surface area contributed by atoms with Gasteiger partial charge >= 0.3 is 0 Å². The minimum Gasteiger partial charge on any atom is -0.384 e. The van der Waals surface area contributed by atoms with E-state index in [1.807, 2.05) is 0 Å². The highest BCUT2D eigenvalue weighted by Crippen LogP contribution is 2.28. The fourth-order valence-corrected chi connectivity index (χ4v) is 2.00. The summed E-state index contributed by atoms with van der Waals surface area (Å²) in [4.78, 5) is 15.9. The van der Waals surface area contributed by atoms with Crippen molar-refractivity contribution in [3.8, 4) is 0 Å². The van der Waals surface area contributed by atoms with Crippen LogP contribution in [0.25, 0.3) is 0 Å². The maximum Gasteiger partial charge on any atom is 0.269 e. The minimum atomic E-state index is -0.171. The lowest BCUT2D eigenvalue weighted by atomic mass is 9.82. The summed E-state index contributed by atoms with van der Waals surface area (Å²) in [6.45, 7) is 4.35. The molecule has 0 atom stereocenters. The van der Waals surface area contributed by atoms with Gasteiger partial charge in [0.25, 0.3) is 5.91 Å². The fraction of sp³-hybridized carbons (Fsp3) is 0.538. The van der Waals surface area contributed by atoms with E-state index < -0.39 is 0 Å². The summed E-state index contributed by atoms with van der Waals surface area (Å²) in [5.41, 5.74) is 6.04. The van der Waals surface area contributed by atoms with Crippen LogP contribution in [0.5, 0.6) is 0 Å². The van der Waals surface area contributed by atoms with Crippen LogP contribution in [-0.4, -0.2) is 30.6 Å². The Hall–Kier alpha value is -1.62. The maximum absolute atomic E-state index is 11.9. The van der Waals surface area contributed by atoms with Crippen molar-refractivity contribution in [1.82, 2.24) is 10.3 Å². The number of hydrogen-bond acceptors (Lipinski definition) is 4. The quantitative estimate of drug-likeness (QED) is 0.844. The van der Waals surface area contributed by atoms with Gasteiger partial charge in [0.2, 0.25) is 0 Å². The summed E-state index contributed by atoms with van der Waals surface area (Å²) in [6.07, 6.45) is 1.94. The average molecular weight is 249 g/mol. The van der Waals surface area contributed by atoms with Crippen molar-refractivity contribution in [2.24, 2.45) is 5.41 Å². The molecule has 1 aliphatic heterocycles. The molecular formula is C13H19N3O2. The third-order valence-electron chi connectivity index (χ3n) is 3.38. The molecule has 0 unspecified atom stereocenters. The molecule has 98 valence electrons. The zero-order chi connectivity index (χ0) is 13.0. The predicted molar refractivity (Wildman–Crippen MR) is 69.1 cm³/mol. The second kappa shape index (κ2) is 5.35. The van der Waals surface area contributed by atoms with Crippen LogP contribution in [0, 0.1) is 5.41 Å². The molecule has 2 heterocycles. The Morgan fingerprint density at radius 1 is 1.50 bits per heavy atom. The fourth-order valence-electron chi connectivity index (χ4n) is 2.00. The Kier molecular flexibility index (Phi) is 3.81. The smallest absolute Gasteiger partial charge is 0.269 e. The molecule has 1 saturated heterocycles. The zero-order valence-electron chi connectivity index (χ0n) is 10.6. The van der Waals surface area contributed by atoms with E-state index in [-0.39, 0.29) is 11.3 Å². The van der Waals surface area contributed by atoms with Crippen molar-refractivity contribution in [3.05, 3.63) is 23.9 Å². The Balaban J connectivity index is 1.92. The number of nitrogen functional groups attached to an aromatic ring is 1. The van der Waals surface area contributed by atoms with Gasteiger partial charge in [-0.2, -0.15) is 0 Å². The monoisotopic (exact) mass is 249 g/mol. The lowest BCUT2D eigenvalue weighted by molar-refractivity contribution is 0.0238. The summed E-state index contributed by atoms with van der Waals surface area (Å²) in [5, 5.41) is 2.92. The van der Waals surface area contributed by atoms with Crippen molar-refractivity contribution < 1.29 is 9.53 Å². The third kappa shape index (κ3) is 3.20. The molecule has 0 bridgehead atoms. The first-order valence-electron chi connectivity index (χ1n) is 6.18. The van der Waals surface area contributed by atoms with E-state index in [9.17, 15) is 4.79 Å². The molecule has 0 saturated carbocycles. The lowest BCUT2D eigenvalue weighted by Gasteiger charge is -2.33. The van der Waals surface area contributed by atoms with Gasteiger partial charge < -0.3 is 15.8 Å². The van der Waals surface area contributed by atoms with Gasteiger partial charge in [0.1, 0.15) is 11.5 Å². The predicted octanol–water partition coefficient (Wildman–Crippen LogP) is 1.21. The van der Waals surface area contributed by atoms with Crippen LogP contribution in [0.4, 0.5) is 5.82 Å². The van der Waals surface area contributed by atoms with Crippen molar-refractivity contribution in [2.45, 2.75) is 19.8 Å². The molecule has 1 amide bonds. The largest absolute Gasteiger partial charge is 0.384 e. The molecule has 1 aromatic heterocycles. The van der Waals surface area contributed by atoms with Crippen molar-refractivity contribution in [3.63, 3.8) is 0 Å². The minimum absolute atomic E-state index is 0.119. The highest BCUT2D eigenvalue weighted by molar-refractivity contribution is 5.92. The van der Waals surface area contributed by atoms with Gasteiger partial charge in [0.15, 0.2) is 0 Å². The van der Waals surface area contributed by atoms with E-state index in [0.717, 1.165) is 26.1 Å². The van der Waals surface area contributed by atoms with Crippen LogP contribution in [0.2, 0.25) is 0 Å². The van der Waals surface area contributed by atoms with Gasteiger partial charge in [0, 0.05) is 19.8 Å². The van der Waals surface area contributed by atoms with Crippen molar-refractivity contribution in [2.75, 3.05) is 25.5 Å². The Morgan fingerprint density at radius 3 is 2.89 bits per heavy atom. The van der Waals surface area contributed by atoms with Crippen molar-refractivity contribution in [1.29, 1.82) is 0 Å². The normalized spacial score (nSPS) is 18.3. The van der Waals surface area contributed by atoms with Gasteiger partial charge in [-0.1, -0.05) is 13.0 Å². The van der Waals surface area contributed by atoms with Gasteiger partial charge in [-0.25, -0.2) is 4.98 Å². The van der Waals surface area contributed by atoms with Gasteiger partial charge in [-0.15, -0.1) is 0 Å². The molecule has 2 rings (SSSR count). The molecule has 1 aliphatic rings. The van der Waals surface area contributed by atoms with Gasteiger partial charge in [-0.3, -0.25) is 4.79 Å². The molecule has 1 aromatic rings. The highest BCUT2D eigenvalue weighted by Gasteiger charge is 2.27. The molecule has 1 fully saturated rings. The first kappa shape index (κ1) is 12.8. The summed E-state index contributed by atoms with van der Waals surface area (Å²) < 4.78 is 5.33. The molecule has 0 aliphatic carbocycles. The van der Waals surface area contributed by atoms with E-state index >= 15 is 0 Å². The lowest BCUT2D eigenvalue weighted by Crippen LogP contribution is -2.39. The van der Waals surface area contributed by atoms with Crippen LogP contribution in [0.15, 0.2) is 18.2 Å². The number of nitrogens with one attached hydrogen (secondary N) is 1. The van der Waals surface area contributed by atoms with Gasteiger partial charge in [-0.05, 0) is 30.4 Å². The van der Waals surface area contributed by atoms with E-state index in [1.54, 1.807) is 18.2 Å². The number of carbonyl (C=O) groups excluding carboxylic acids is 1. The van der Waals surface area contributed by atoms with Crippen LogP contribution >= 0.6 is 0 Å². The first-order valence-corrected chi connectivity index (χ1v) is 6.18. The standard InChI is InChI=1S/C13H19N3O2/c1-13(5-7-18-8-6-13)9-15-12(17)10-3-2-4-11(14)16-10/h2-4H,5-9H2,1H3,(H2,14,16)(H,15,17). The van der Waals surface area contributed by atoms with Crippen LogP contribution in [-0.2, 0) is 4.74 Å². The van der Waals surface area contributed by atoms with E-state index in [2.05, 4.69) is 17.2 Å². The molecule has 5 nitrogen and oxygen atoms in total. The number of amides is 1. The summed E-state index contributed by atoms with van der Waals surface area (Å²) in [6, 6.07) is 5.06. The molecule has 18 heavy (non-hydrogen) atoms. The molecular weight excluding hydrogens is 230 g/mol. The Morgan fingerprint density at radius 2 is 2.22 bits per heavy atom. The van der Waals surface area contributed by atoms with Crippen LogP contribution in [0.3, 0.4) is 0 Å². The van der Waals surface area contributed by atoms with Crippen LogP contribution in [0.1, 0.15) is 30.3 Å². The number of nitrogens with zero attached hydrogens (tertiary/aromatic N) is 1.